The predicted octanol–water partition coefficient (Wildman–Crippen LogP) is 4.29. The number of nitrogens with zero attached hydrogens (tertiary/aromatic N) is 2. The van der Waals surface area contributed by atoms with Crippen molar-refractivity contribution >= 4 is 40.6 Å². The summed E-state index contributed by atoms with van der Waals surface area (Å²) < 4.78 is 13.7. The summed E-state index contributed by atoms with van der Waals surface area (Å²) in [7, 11) is 1.67. The van der Waals surface area contributed by atoms with Crippen LogP contribution in [-0.4, -0.2) is 35.6 Å². The van der Waals surface area contributed by atoms with Gasteiger partial charge in [-0.1, -0.05) is 30.3 Å². The van der Waals surface area contributed by atoms with Gasteiger partial charge in [0.25, 0.3) is 0 Å². The number of halogens is 1. The van der Waals surface area contributed by atoms with Gasteiger partial charge in [0, 0.05) is 25.3 Å². The van der Waals surface area contributed by atoms with Crippen molar-refractivity contribution in [3.63, 3.8) is 0 Å². The summed E-state index contributed by atoms with van der Waals surface area (Å²) in [5, 5.41) is 11.8. The van der Waals surface area contributed by atoms with Gasteiger partial charge >= 0.3 is 5.97 Å². The van der Waals surface area contributed by atoms with Gasteiger partial charge in [-0.2, -0.15) is 0 Å². The standard InChI is InChI=1S/C26H22FN3O4/c1-15(31)30(2)20-10-8-19(9-11-20)28-25(17-5-3-16(4-6-17)13-23(32)33)24-21-12-7-18(27)14-22(21)29-26(24)34/h3-12,14,24H,13H2,1-2H3,(H,29,34)(H,32,33). The van der Waals surface area contributed by atoms with Crippen LogP contribution >= 0.6 is 0 Å². The van der Waals surface area contributed by atoms with Gasteiger partial charge in [0.2, 0.25) is 11.8 Å². The van der Waals surface area contributed by atoms with Crippen molar-refractivity contribution in [3.05, 3.63) is 89.2 Å². The molecule has 0 radical (unpaired) electrons. The Labute approximate surface area is 195 Å². The summed E-state index contributed by atoms with van der Waals surface area (Å²) in [6.45, 7) is 1.47. The SMILES string of the molecule is CC(=O)N(C)c1ccc(N=C(c2ccc(CC(=O)O)cc2)C2C(=O)Nc3cc(F)ccc32)cc1. The number of hydrogen-bond acceptors (Lipinski definition) is 4. The van der Waals surface area contributed by atoms with Crippen molar-refractivity contribution in [2.24, 2.45) is 4.99 Å². The van der Waals surface area contributed by atoms with E-state index < -0.39 is 17.7 Å². The maximum absolute atomic E-state index is 13.7. The number of carboxylic acids is 1. The molecule has 1 heterocycles. The third-order valence-corrected chi connectivity index (χ3v) is 5.68. The van der Waals surface area contributed by atoms with Crippen LogP contribution in [0, 0.1) is 5.82 Å². The number of carbonyl (C=O) groups is 3. The van der Waals surface area contributed by atoms with Crippen LogP contribution in [0.5, 0.6) is 0 Å². The zero-order valence-corrected chi connectivity index (χ0v) is 18.6. The van der Waals surface area contributed by atoms with Gasteiger partial charge in [-0.3, -0.25) is 19.4 Å². The molecule has 1 aliphatic rings. The molecule has 0 saturated carbocycles. The molecule has 3 aromatic carbocycles. The third kappa shape index (κ3) is 4.71. The van der Waals surface area contributed by atoms with Crippen LogP contribution in [0.4, 0.5) is 21.5 Å². The molecule has 7 nitrogen and oxygen atoms in total. The van der Waals surface area contributed by atoms with Crippen LogP contribution in [0.15, 0.2) is 71.7 Å². The smallest absolute Gasteiger partial charge is 0.307 e. The van der Waals surface area contributed by atoms with Crippen molar-refractivity contribution in [2.75, 3.05) is 17.3 Å². The lowest BCUT2D eigenvalue weighted by atomic mass is 9.90. The molecule has 8 heteroatoms. The fourth-order valence-electron chi connectivity index (χ4n) is 3.84. The number of nitrogens with one attached hydrogen (secondary N) is 1. The number of carboxylic acid groups (broad SMARTS) is 1. The van der Waals surface area contributed by atoms with E-state index in [4.69, 9.17) is 10.1 Å². The minimum absolute atomic E-state index is 0.107. The number of aliphatic imine (C=N–C) groups is 1. The first-order chi connectivity index (χ1) is 16.2. The van der Waals surface area contributed by atoms with E-state index in [1.165, 1.54) is 24.0 Å². The van der Waals surface area contributed by atoms with E-state index >= 15 is 0 Å². The van der Waals surface area contributed by atoms with E-state index in [0.29, 0.717) is 39.5 Å². The van der Waals surface area contributed by atoms with Crippen LogP contribution in [0.25, 0.3) is 0 Å². The van der Waals surface area contributed by atoms with Gasteiger partial charge in [0.1, 0.15) is 11.7 Å². The van der Waals surface area contributed by atoms with E-state index in [0.717, 1.165) is 0 Å². The minimum atomic E-state index is -0.941. The van der Waals surface area contributed by atoms with Crippen LogP contribution < -0.4 is 10.2 Å². The lowest BCUT2D eigenvalue weighted by molar-refractivity contribution is -0.136. The number of amides is 2. The predicted molar refractivity (Wildman–Crippen MR) is 127 cm³/mol. The highest BCUT2D eigenvalue weighted by atomic mass is 19.1. The number of rotatable bonds is 6. The fourth-order valence-corrected chi connectivity index (χ4v) is 3.84. The molecule has 0 fully saturated rings. The fraction of sp³-hybridized carbons (Fsp3) is 0.154. The first kappa shape index (κ1) is 22.8. The molecule has 0 bridgehead atoms. The number of benzene rings is 3. The Morgan fingerprint density at radius 3 is 2.35 bits per heavy atom. The Morgan fingerprint density at radius 2 is 1.74 bits per heavy atom. The van der Waals surface area contributed by atoms with Crippen LogP contribution in [0.3, 0.4) is 0 Å². The molecule has 34 heavy (non-hydrogen) atoms. The van der Waals surface area contributed by atoms with Crippen molar-refractivity contribution in [1.29, 1.82) is 0 Å². The summed E-state index contributed by atoms with van der Waals surface area (Å²) in [4.78, 5) is 41.9. The molecule has 0 aromatic heterocycles. The van der Waals surface area contributed by atoms with E-state index in [1.54, 1.807) is 61.6 Å². The number of aliphatic carboxylic acids is 1. The summed E-state index contributed by atoms with van der Waals surface area (Å²) in [6, 6.07) is 17.9. The monoisotopic (exact) mass is 459 g/mol. The van der Waals surface area contributed by atoms with Crippen molar-refractivity contribution < 1.29 is 23.9 Å². The van der Waals surface area contributed by atoms with Gasteiger partial charge in [-0.05, 0) is 53.1 Å². The topological polar surface area (TPSA) is 99.1 Å². The van der Waals surface area contributed by atoms with Crippen molar-refractivity contribution in [1.82, 2.24) is 0 Å². The summed E-state index contributed by atoms with van der Waals surface area (Å²) in [5.41, 5.74) is 3.95. The number of hydrogen-bond donors (Lipinski definition) is 2. The van der Waals surface area contributed by atoms with Crippen molar-refractivity contribution in [3.8, 4) is 0 Å². The highest BCUT2D eigenvalue weighted by Crippen LogP contribution is 2.37. The Balaban J connectivity index is 1.79. The minimum Gasteiger partial charge on any atom is -0.481 e. The van der Waals surface area contributed by atoms with Gasteiger partial charge in [-0.15, -0.1) is 0 Å². The second-order valence-corrected chi connectivity index (χ2v) is 8.01. The molecular formula is C26H22FN3O4. The number of anilines is 2. The van der Waals surface area contributed by atoms with E-state index in [9.17, 15) is 18.8 Å². The average molecular weight is 459 g/mol. The van der Waals surface area contributed by atoms with E-state index in [2.05, 4.69) is 5.32 Å². The Morgan fingerprint density at radius 1 is 1.06 bits per heavy atom. The lowest BCUT2D eigenvalue weighted by Crippen LogP contribution is -2.22. The molecule has 4 rings (SSSR count). The summed E-state index contributed by atoms with van der Waals surface area (Å²) in [5.74, 6) is -2.61. The third-order valence-electron chi connectivity index (χ3n) is 5.68. The molecule has 1 aliphatic heterocycles. The number of carbonyl (C=O) groups excluding carboxylic acids is 2. The Kier molecular flexibility index (Phi) is 6.23. The zero-order valence-electron chi connectivity index (χ0n) is 18.6. The van der Waals surface area contributed by atoms with Crippen molar-refractivity contribution in [2.45, 2.75) is 19.3 Å². The lowest BCUT2D eigenvalue weighted by Gasteiger charge is -2.16. The molecule has 3 aromatic rings. The second-order valence-electron chi connectivity index (χ2n) is 8.01. The molecule has 0 saturated heterocycles. The van der Waals surface area contributed by atoms with Gasteiger partial charge < -0.3 is 15.3 Å². The van der Waals surface area contributed by atoms with E-state index in [-0.39, 0.29) is 18.2 Å². The molecule has 1 unspecified atom stereocenters. The molecule has 0 aliphatic carbocycles. The zero-order chi connectivity index (χ0) is 24.4. The van der Waals surface area contributed by atoms with Gasteiger partial charge in [0.15, 0.2) is 0 Å². The van der Waals surface area contributed by atoms with Crippen LogP contribution in [-0.2, 0) is 20.8 Å². The number of fused-ring (bicyclic) bond motifs is 1. The molecule has 172 valence electrons. The first-order valence-electron chi connectivity index (χ1n) is 10.6. The average Bonchev–Trinajstić information content (AvgIpc) is 3.12. The summed E-state index contributed by atoms with van der Waals surface area (Å²) >= 11 is 0. The van der Waals surface area contributed by atoms with Crippen LogP contribution in [0.2, 0.25) is 0 Å². The quantitative estimate of drug-likeness (QED) is 0.537. The largest absolute Gasteiger partial charge is 0.481 e. The first-order valence-corrected chi connectivity index (χ1v) is 10.6. The highest BCUT2D eigenvalue weighted by molar-refractivity contribution is 6.24. The Hall–Kier alpha value is -4.33. The molecule has 1 atom stereocenters. The summed E-state index contributed by atoms with van der Waals surface area (Å²) in [6.07, 6.45) is -0.121. The molecule has 2 N–H and O–H groups in total. The molecule has 0 spiro atoms. The maximum Gasteiger partial charge on any atom is 0.307 e. The van der Waals surface area contributed by atoms with Gasteiger partial charge in [-0.25, -0.2) is 4.39 Å². The molecular weight excluding hydrogens is 437 g/mol. The van der Waals surface area contributed by atoms with Gasteiger partial charge in [0.05, 0.1) is 17.8 Å². The highest BCUT2D eigenvalue weighted by Gasteiger charge is 2.35. The normalized spacial score (nSPS) is 15.0. The second kappa shape index (κ2) is 9.27. The molecule has 2 amide bonds. The Bertz CT molecular complexity index is 1300. The maximum atomic E-state index is 13.7. The van der Waals surface area contributed by atoms with Crippen LogP contribution in [0.1, 0.15) is 29.5 Å². The van der Waals surface area contributed by atoms with E-state index in [1.807, 2.05) is 0 Å².